The normalized spacial score (nSPS) is 12.9. The van der Waals surface area contributed by atoms with Crippen LogP contribution in [0, 0.1) is 5.92 Å². The summed E-state index contributed by atoms with van der Waals surface area (Å²) in [4.78, 5) is 4.36. The monoisotopic (exact) mass is 321 g/mol. The molecule has 1 unspecified atom stereocenters. The summed E-state index contributed by atoms with van der Waals surface area (Å²) in [7, 11) is 0. The Morgan fingerprint density at radius 1 is 1.32 bits per heavy atom. The van der Waals surface area contributed by atoms with Crippen LogP contribution in [0.5, 0.6) is 0 Å². The Labute approximate surface area is 122 Å². The van der Waals surface area contributed by atoms with Crippen LogP contribution < -0.4 is 11.1 Å². The Balaban J connectivity index is 2.40. The van der Waals surface area contributed by atoms with E-state index in [2.05, 4.69) is 53.1 Å². The number of nitrogens with two attached hydrogens (primary N) is 1. The maximum absolute atomic E-state index is 6.08. The van der Waals surface area contributed by atoms with Gasteiger partial charge in [0.15, 0.2) is 0 Å². The van der Waals surface area contributed by atoms with Crippen molar-refractivity contribution in [3.63, 3.8) is 0 Å². The Morgan fingerprint density at radius 2 is 2.05 bits per heavy atom. The number of anilines is 2. The van der Waals surface area contributed by atoms with Crippen LogP contribution in [0.3, 0.4) is 0 Å². The Hall–Kier alpha value is -1.29. The van der Waals surface area contributed by atoms with Gasteiger partial charge in [0.2, 0.25) is 0 Å². The molecule has 0 aliphatic heterocycles. The molecule has 0 amide bonds. The van der Waals surface area contributed by atoms with Crippen molar-refractivity contribution in [2.24, 2.45) is 5.92 Å². The third-order valence-corrected chi connectivity index (χ3v) is 3.57. The highest BCUT2D eigenvalue weighted by atomic mass is 79.9. The molecule has 1 heterocycles. The number of aromatic nitrogens is 1. The third-order valence-electron chi connectivity index (χ3n) is 3.08. The summed E-state index contributed by atoms with van der Waals surface area (Å²) >= 11 is 3.50. The van der Waals surface area contributed by atoms with Crippen molar-refractivity contribution >= 4 is 38.2 Å². The van der Waals surface area contributed by atoms with Crippen LogP contribution in [0.2, 0.25) is 0 Å². The first kappa shape index (κ1) is 14.1. The van der Waals surface area contributed by atoms with Crippen molar-refractivity contribution in [2.75, 3.05) is 11.1 Å². The largest absolute Gasteiger partial charge is 0.396 e. The van der Waals surface area contributed by atoms with Crippen LogP contribution in [0.4, 0.5) is 11.4 Å². The summed E-state index contributed by atoms with van der Waals surface area (Å²) in [5.41, 5.74) is 8.71. The van der Waals surface area contributed by atoms with Crippen molar-refractivity contribution in [2.45, 2.75) is 33.2 Å². The highest BCUT2D eigenvalue weighted by molar-refractivity contribution is 9.10. The van der Waals surface area contributed by atoms with Gasteiger partial charge in [0, 0.05) is 15.9 Å². The van der Waals surface area contributed by atoms with Gasteiger partial charge in [-0.15, -0.1) is 0 Å². The molecule has 3 nitrogen and oxygen atoms in total. The fourth-order valence-electron chi connectivity index (χ4n) is 2.35. The zero-order valence-corrected chi connectivity index (χ0v) is 13.2. The molecule has 2 rings (SSSR count). The molecule has 2 aromatic rings. The average molecular weight is 322 g/mol. The number of rotatable bonds is 4. The van der Waals surface area contributed by atoms with Gasteiger partial charge < -0.3 is 11.1 Å². The molecule has 0 fully saturated rings. The highest BCUT2D eigenvalue weighted by Crippen LogP contribution is 2.31. The molecule has 19 heavy (non-hydrogen) atoms. The quantitative estimate of drug-likeness (QED) is 0.876. The maximum Gasteiger partial charge on any atom is 0.0743 e. The van der Waals surface area contributed by atoms with Crippen molar-refractivity contribution in [3.05, 3.63) is 28.9 Å². The first-order valence-corrected chi connectivity index (χ1v) is 7.37. The lowest BCUT2D eigenvalue weighted by molar-refractivity contribution is 0.540. The predicted octanol–water partition coefficient (Wildman–Crippen LogP) is 4.43. The summed E-state index contributed by atoms with van der Waals surface area (Å²) in [6, 6.07) is 6.43. The van der Waals surface area contributed by atoms with E-state index in [1.165, 1.54) is 0 Å². The number of nitrogen functional groups attached to an aromatic ring is 1. The lowest BCUT2D eigenvalue weighted by Gasteiger charge is -2.20. The minimum absolute atomic E-state index is 0.381. The molecule has 0 aliphatic rings. The molecule has 0 aliphatic carbocycles. The van der Waals surface area contributed by atoms with Crippen LogP contribution in [0.15, 0.2) is 28.9 Å². The van der Waals surface area contributed by atoms with E-state index in [4.69, 9.17) is 5.73 Å². The van der Waals surface area contributed by atoms with Gasteiger partial charge in [0.1, 0.15) is 0 Å². The van der Waals surface area contributed by atoms with Gasteiger partial charge in [-0.05, 0) is 37.5 Å². The molecule has 0 bridgehead atoms. The molecule has 0 spiro atoms. The number of nitrogens with zero attached hydrogens (tertiary/aromatic N) is 1. The number of hydrogen-bond acceptors (Lipinski definition) is 3. The van der Waals surface area contributed by atoms with Gasteiger partial charge in [-0.25, -0.2) is 0 Å². The van der Waals surface area contributed by atoms with Gasteiger partial charge in [0.05, 0.1) is 23.1 Å². The number of hydrogen-bond donors (Lipinski definition) is 2. The van der Waals surface area contributed by atoms with Crippen LogP contribution in [-0.2, 0) is 0 Å². The predicted molar refractivity (Wildman–Crippen MR) is 86.4 cm³/mol. The standard InChI is InChI=1S/C15H20BrN3/c1-9(2)6-10(3)19-15-12-7-11(16)4-5-14(12)18-8-13(15)17/h4-5,7-10H,6,17H2,1-3H3,(H,18,19). The van der Waals surface area contributed by atoms with Crippen molar-refractivity contribution < 1.29 is 0 Å². The molecule has 1 aromatic carbocycles. The van der Waals surface area contributed by atoms with Gasteiger partial charge in [0.25, 0.3) is 0 Å². The van der Waals surface area contributed by atoms with E-state index < -0.39 is 0 Å². The van der Waals surface area contributed by atoms with Crippen LogP contribution >= 0.6 is 15.9 Å². The van der Waals surface area contributed by atoms with Crippen molar-refractivity contribution in [1.82, 2.24) is 4.98 Å². The minimum atomic E-state index is 0.381. The molecule has 3 N–H and O–H groups in total. The summed E-state index contributed by atoms with van der Waals surface area (Å²) in [6.07, 6.45) is 2.83. The number of fused-ring (bicyclic) bond motifs is 1. The average Bonchev–Trinajstić information content (AvgIpc) is 2.32. The summed E-state index contributed by atoms with van der Waals surface area (Å²) in [5.74, 6) is 0.656. The topological polar surface area (TPSA) is 50.9 Å². The lowest BCUT2D eigenvalue weighted by Crippen LogP contribution is -2.18. The molecule has 0 saturated carbocycles. The fraction of sp³-hybridized carbons (Fsp3) is 0.400. The van der Waals surface area contributed by atoms with E-state index in [9.17, 15) is 0 Å². The van der Waals surface area contributed by atoms with E-state index in [0.29, 0.717) is 17.6 Å². The number of pyridine rings is 1. The third kappa shape index (κ3) is 3.38. The van der Waals surface area contributed by atoms with E-state index in [1.54, 1.807) is 6.20 Å². The number of benzene rings is 1. The fourth-order valence-corrected chi connectivity index (χ4v) is 2.71. The van der Waals surface area contributed by atoms with Gasteiger partial charge in [-0.2, -0.15) is 0 Å². The van der Waals surface area contributed by atoms with E-state index >= 15 is 0 Å². The smallest absolute Gasteiger partial charge is 0.0743 e. The Morgan fingerprint density at radius 3 is 2.74 bits per heavy atom. The molecule has 0 radical (unpaired) electrons. The van der Waals surface area contributed by atoms with Crippen molar-refractivity contribution in [3.8, 4) is 0 Å². The Bertz CT molecular complexity index is 576. The highest BCUT2D eigenvalue weighted by Gasteiger charge is 2.11. The lowest BCUT2D eigenvalue weighted by atomic mass is 10.0. The zero-order chi connectivity index (χ0) is 14.0. The van der Waals surface area contributed by atoms with Gasteiger partial charge in [-0.3, -0.25) is 4.98 Å². The second-order valence-corrected chi connectivity index (χ2v) is 6.34. The van der Waals surface area contributed by atoms with Crippen molar-refractivity contribution in [1.29, 1.82) is 0 Å². The van der Waals surface area contributed by atoms with Crippen LogP contribution in [-0.4, -0.2) is 11.0 Å². The zero-order valence-electron chi connectivity index (χ0n) is 11.6. The van der Waals surface area contributed by atoms with Gasteiger partial charge >= 0.3 is 0 Å². The second kappa shape index (κ2) is 5.78. The van der Waals surface area contributed by atoms with E-state index in [1.807, 2.05) is 12.1 Å². The second-order valence-electron chi connectivity index (χ2n) is 5.42. The molecular weight excluding hydrogens is 302 g/mol. The molecule has 1 atom stereocenters. The maximum atomic E-state index is 6.08. The summed E-state index contributed by atoms with van der Waals surface area (Å²) in [5, 5.41) is 4.59. The van der Waals surface area contributed by atoms with E-state index in [0.717, 1.165) is 27.5 Å². The molecule has 0 saturated heterocycles. The molecular formula is C15H20BrN3. The molecule has 1 aromatic heterocycles. The molecule has 4 heteroatoms. The first-order chi connectivity index (χ1) is 8.97. The van der Waals surface area contributed by atoms with Crippen LogP contribution in [0.1, 0.15) is 27.2 Å². The summed E-state index contributed by atoms with van der Waals surface area (Å²) < 4.78 is 1.03. The molecule has 102 valence electrons. The number of halogens is 1. The SMILES string of the molecule is CC(C)CC(C)Nc1c(N)cnc2ccc(Br)cc12. The minimum Gasteiger partial charge on any atom is -0.396 e. The van der Waals surface area contributed by atoms with E-state index in [-0.39, 0.29) is 0 Å². The first-order valence-electron chi connectivity index (χ1n) is 6.57. The number of nitrogens with one attached hydrogen (secondary N) is 1. The van der Waals surface area contributed by atoms with Crippen LogP contribution in [0.25, 0.3) is 10.9 Å². The Kier molecular flexibility index (Phi) is 4.30. The van der Waals surface area contributed by atoms with Gasteiger partial charge in [-0.1, -0.05) is 29.8 Å². The summed E-state index contributed by atoms with van der Waals surface area (Å²) in [6.45, 7) is 6.63.